The summed E-state index contributed by atoms with van der Waals surface area (Å²) in [6, 6.07) is 16.3. The van der Waals surface area contributed by atoms with Gasteiger partial charge in [0.05, 0.1) is 9.79 Å². The molecule has 0 spiro atoms. The van der Waals surface area contributed by atoms with E-state index >= 15 is 0 Å². The van der Waals surface area contributed by atoms with Crippen LogP contribution in [0.25, 0.3) is 0 Å². The van der Waals surface area contributed by atoms with E-state index in [4.69, 9.17) is 0 Å². The van der Waals surface area contributed by atoms with Crippen molar-refractivity contribution in [3.8, 4) is 0 Å². The minimum absolute atomic E-state index is 0.130. The molecule has 0 unspecified atom stereocenters. The predicted octanol–water partition coefficient (Wildman–Crippen LogP) is 3.53. The molecule has 0 amide bonds. The second-order valence-electron chi connectivity index (χ2n) is 9.33. The summed E-state index contributed by atoms with van der Waals surface area (Å²) in [4.78, 5) is 0.463. The summed E-state index contributed by atoms with van der Waals surface area (Å²) in [5, 5.41) is 0. The fourth-order valence-electron chi connectivity index (χ4n) is 4.69. The molecule has 0 aromatic heterocycles. The van der Waals surface area contributed by atoms with Gasteiger partial charge in [0.1, 0.15) is 0 Å². The third-order valence-corrected chi connectivity index (χ3v) is 8.51. The zero-order valence-corrected chi connectivity index (χ0v) is 19.3. The quantitative estimate of drug-likeness (QED) is 0.675. The highest BCUT2D eigenvalue weighted by Gasteiger charge is 2.43. The molecule has 0 aliphatic heterocycles. The van der Waals surface area contributed by atoms with Crippen LogP contribution in [0.15, 0.2) is 70.5 Å². The van der Waals surface area contributed by atoms with Gasteiger partial charge in [0, 0.05) is 12.6 Å². The second-order valence-corrected chi connectivity index (χ2v) is 12.8. The second kappa shape index (κ2) is 8.42. The van der Waals surface area contributed by atoms with E-state index in [9.17, 15) is 16.8 Å². The SMILES string of the molecule is CC1(C)C[C@H](NS(=O)(=O)c2ccccc2)C[C@@](C)(CNS(=O)(=O)c2ccccc2)C1. The molecule has 1 aliphatic carbocycles. The van der Waals surface area contributed by atoms with Crippen LogP contribution in [0.4, 0.5) is 0 Å². The van der Waals surface area contributed by atoms with Crippen molar-refractivity contribution in [2.75, 3.05) is 6.54 Å². The van der Waals surface area contributed by atoms with E-state index < -0.39 is 20.0 Å². The molecule has 2 aromatic carbocycles. The maximum Gasteiger partial charge on any atom is 0.240 e. The Bertz CT molecular complexity index is 1070. The Morgan fingerprint density at radius 1 is 0.800 bits per heavy atom. The van der Waals surface area contributed by atoms with E-state index in [-0.39, 0.29) is 33.2 Å². The molecular formula is C22H30N2O4S2. The molecule has 8 heteroatoms. The summed E-state index contributed by atoms with van der Waals surface area (Å²) in [6.07, 6.45) is 2.04. The molecule has 2 aromatic rings. The molecule has 0 saturated heterocycles. The van der Waals surface area contributed by atoms with Gasteiger partial charge in [-0.25, -0.2) is 26.3 Å². The number of hydrogen-bond donors (Lipinski definition) is 2. The zero-order valence-electron chi connectivity index (χ0n) is 17.6. The van der Waals surface area contributed by atoms with Crippen molar-refractivity contribution < 1.29 is 16.8 Å². The van der Waals surface area contributed by atoms with E-state index in [1.54, 1.807) is 60.7 Å². The van der Waals surface area contributed by atoms with Gasteiger partial charge in [-0.15, -0.1) is 0 Å². The van der Waals surface area contributed by atoms with Crippen molar-refractivity contribution in [3.05, 3.63) is 60.7 Å². The summed E-state index contributed by atoms with van der Waals surface area (Å²) in [6.45, 7) is 6.46. The smallest absolute Gasteiger partial charge is 0.211 e. The van der Waals surface area contributed by atoms with Gasteiger partial charge in [0.25, 0.3) is 0 Å². The lowest BCUT2D eigenvalue weighted by Crippen LogP contribution is -2.50. The average molecular weight is 451 g/mol. The van der Waals surface area contributed by atoms with Crippen molar-refractivity contribution in [1.29, 1.82) is 0 Å². The first kappa shape index (κ1) is 22.9. The monoisotopic (exact) mass is 450 g/mol. The van der Waals surface area contributed by atoms with Crippen LogP contribution in [-0.2, 0) is 20.0 Å². The Hall–Kier alpha value is -1.74. The van der Waals surface area contributed by atoms with Gasteiger partial charge in [0.2, 0.25) is 20.0 Å². The summed E-state index contributed by atoms with van der Waals surface area (Å²) < 4.78 is 56.5. The van der Waals surface area contributed by atoms with Crippen molar-refractivity contribution in [2.45, 2.75) is 55.9 Å². The standard InChI is InChI=1S/C22H30N2O4S2/c1-21(2)14-18(24-30(27,28)20-12-8-5-9-13-20)15-22(3,16-21)17-23-29(25,26)19-10-6-4-7-11-19/h4-13,18,23-24H,14-17H2,1-3H3/t18-,22+/m0/s1. The highest BCUT2D eigenvalue weighted by Crippen LogP contribution is 2.46. The normalized spacial score (nSPS) is 24.4. The fraction of sp³-hybridized carbons (Fsp3) is 0.455. The Labute approximate surface area is 180 Å². The Balaban J connectivity index is 1.75. The van der Waals surface area contributed by atoms with Crippen molar-refractivity contribution in [1.82, 2.24) is 9.44 Å². The molecule has 30 heavy (non-hydrogen) atoms. The lowest BCUT2D eigenvalue weighted by Gasteiger charge is -2.46. The molecule has 164 valence electrons. The number of sulfonamides is 2. The Kier molecular flexibility index (Phi) is 6.43. The fourth-order valence-corrected chi connectivity index (χ4v) is 7.17. The van der Waals surface area contributed by atoms with Crippen LogP contribution in [0.2, 0.25) is 0 Å². The average Bonchev–Trinajstić information content (AvgIpc) is 2.66. The van der Waals surface area contributed by atoms with Crippen LogP contribution >= 0.6 is 0 Å². The van der Waals surface area contributed by atoms with Crippen molar-refractivity contribution >= 4 is 20.0 Å². The van der Waals surface area contributed by atoms with Gasteiger partial charge >= 0.3 is 0 Å². The molecular weight excluding hydrogens is 420 g/mol. The molecule has 6 nitrogen and oxygen atoms in total. The maximum absolute atomic E-state index is 12.8. The summed E-state index contributed by atoms with van der Waals surface area (Å²) >= 11 is 0. The van der Waals surface area contributed by atoms with E-state index in [1.807, 2.05) is 6.92 Å². The van der Waals surface area contributed by atoms with E-state index in [0.717, 1.165) is 6.42 Å². The van der Waals surface area contributed by atoms with E-state index in [0.29, 0.717) is 12.8 Å². The minimum Gasteiger partial charge on any atom is -0.211 e. The van der Waals surface area contributed by atoms with Gasteiger partial charge in [-0.1, -0.05) is 57.2 Å². The molecule has 2 N–H and O–H groups in total. The number of benzene rings is 2. The van der Waals surface area contributed by atoms with Crippen molar-refractivity contribution in [3.63, 3.8) is 0 Å². The van der Waals surface area contributed by atoms with Gasteiger partial charge in [-0.05, 0) is 54.4 Å². The first-order chi connectivity index (χ1) is 13.9. The molecule has 3 rings (SSSR count). The highest BCUT2D eigenvalue weighted by molar-refractivity contribution is 7.89. The number of nitrogens with one attached hydrogen (secondary N) is 2. The van der Waals surface area contributed by atoms with Crippen LogP contribution in [0.5, 0.6) is 0 Å². The van der Waals surface area contributed by atoms with Crippen LogP contribution in [0.1, 0.15) is 40.0 Å². The lowest BCUT2D eigenvalue weighted by atomic mass is 9.63. The summed E-state index contributed by atoms with van der Waals surface area (Å²) in [5.74, 6) is 0. The third kappa shape index (κ3) is 5.69. The number of hydrogen-bond acceptors (Lipinski definition) is 4. The van der Waals surface area contributed by atoms with Crippen LogP contribution in [0, 0.1) is 10.8 Å². The first-order valence-corrected chi connectivity index (χ1v) is 13.0. The summed E-state index contributed by atoms with van der Waals surface area (Å²) in [7, 11) is -7.25. The van der Waals surface area contributed by atoms with Crippen LogP contribution in [0.3, 0.4) is 0 Å². The van der Waals surface area contributed by atoms with E-state index in [1.165, 1.54) is 0 Å². The van der Waals surface area contributed by atoms with Crippen LogP contribution < -0.4 is 9.44 Å². The molecule has 1 saturated carbocycles. The van der Waals surface area contributed by atoms with Crippen LogP contribution in [-0.4, -0.2) is 29.4 Å². The highest BCUT2D eigenvalue weighted by atomic mass is 32.2. The Morgan fingerprint density at radius 3 is 1.83 bits per heavy atom. The lowest BCUT2D eigenvalue weighted by molar-refractivity contribution is 0.0821. The molecule has 2 atom stereocenters. The third-order valence-electron chi connectivity index (χ3n) is 5.56. The Morgan fingerprint density at radius 2 is 1.30 bits per heavy atom. The topological polar surface area (TPSA) is 92.3 Å². The van der Waals surface area contributed by atoms with Gasteiger partial charge in [0.15, 0.2) is 0 Å². The molecule has 1 fully saturated rings. The maximum atomic E-state index is 12.8. The first-order valence-electron chi connectivity index (χ1n) is 10.0. The minimum atomic E-state index is -3.64. The van der Waals surface area contributed by atoms with E-state index in [2.05, 4.69) is 23.3 Å². The molecule has 0 bridgehead atoms. The molecule has 1 aliphatic rings. The van der Waals surface area contributed by atoms with Gasteiger partial charge in [-0.2, -0.15) is 0 Å². The summed E-state index contributed by atoms with van der Waals surface area (Å²) in [5.41, 5.74) is -0.511. The molecule has 0 radical (unpaired) electrons. The predicted molar refractivity (Wildman–Crippen MR) is 118 cm³/mol. The van der Waals surface area contributed by atoms with Crippen molar-refractivity contribution in [2.24, 2.45) is 10.8 Å². The largest absolute Gasteiger partial charge is 0.240 e. The van der Waals surface area contributed by atoms with Gasteiger partial charge < -0.3 is 0 Å². The molecule has 0 heterocycles. The van der Waals surface area contributed by atoms with Gasteiger partial charge in [-0.3, -0.25) is 0 Å². The number of rotatable bonds is 7. The zero-order chi connectivity index (χ0) is 22.0.